The Labute approximate surface area is 114 Å². The van der Waals surface area contributed by atoms with Crippen LogP contribution in [-0.2, 0) is 6.42 Å². The highest BCUT2D eigenvalue weighted by atomic mass is 35.5. The maximum Gasteiger partial charge on any atom is 0.321 e. The second kappa shape index (κ2) is 4.78. The third-order valence-electron chi connectivity index (χ3n) is 2.77. The molecular weight excluding hydrogens is 273 g/mol. The fraction of sp³-hybridized carbons (Fsp3) is 0.333. The zero-order valence-corrected chi connectivity index (χ0v) is 11.0. The van der Waals surface area contributed by atoms with Gasteiger partial charge in [0.25, 0.3) is 0 Å². The summed E-state index contributed by atoms with van der Waals surface area (Å²) < 4.78 is 5.11. The standard InChI is InChI=1S/C12H11Cl2N3O/c13-9-2-1-3-10(14)8(9)6-11-16-12(18-17-11)15-7-4-5-7/h1-3,7H,4-6H2,(H,15,16,17). The number of rotatable bonds is 4. The van der Waals surface area contributed by atoms with Crippen molar-refractivity contribution >= 4 is 29.2 Å². The van der Waals surface area contributed by atoms with Gasteiger partial charge in [0, 0.05) is 22.5 Å². The highest BCUT2D eigenvalue weighted by molar-refractivity contribution is 6.36. The van der Waals surface area contributed by atoms with Crippen LogP contribution in [-0.4, -0.2) is 16.2 Å². The Morgan fingerprint density at radius 3 is 2.67 bits per heavy atom. The molecule has 1 N–H and O–H groups in total. The van der Waals surface area contributed by atoms with Gasteiger partial charge in [-0.1, -0.05) is 34.4 Å². The Bertz CT molecular complexity index is 546. The Morgan fingerprint density at radius 2 is 2.00 bits per heavy atom. The molecule has 1 aliphatic rings. The minimum Gasteiger partial charge on any atom is -0.335 e. The lowest BCUT2D eigenvalue weighted by atomic mass is 10.1. The summed E-state index contributed by atoms with van der Waals surface area (Å²) in [4.78, 5) is 4.26. The SMILES string of the molecule is Clc1cccc(Cl)c1Cc1noc(NC2CC2)n1. The van der Waals surface area contributed by atoms with Crippen molar-refractivity contribution in [3.63, 3.8) is 0 Å². The molecule has 2 aromatic rings. The summed E-state index contributed by atoms with van der Waals surface area (Å²) >= 11 is 12.2. The van der Waals surface area contributed by atoms with Crippen LogP contribution >= 0.6 is 23.2 Å². The fourth-order valence-electron chi connectivity index (χ4n) is 1.65. The van der Waals surface area contributed by atoms with Crippen molar-refractivity contribution < 1.29 is 4.52 Å². The first-order valence-corrected chi connectivity index (χ1v) is 6.50. The van der Waals surface area contributed by atoms with Gasteiger partial charge in [0.15, 0.2) is 5.82 Å². The van der Waals surface area contributed by atoms with Crippen molar-refractivity contribution in [3.8, 4) is 0 Å². The molecule has 1 aromatic heterocycles. The van der Waals surface area contributed by atoms with E-state index in [0.717, 1.165) is 18.4 Å². The van der Waals surface area contributed by atoms with Gasteiger partial charge in [-0.2, -0.15) is 4.98 Å². The van der Waals surface area contributed by atoms with Gasteiger partial charge in [-0.3, -0.25) is 0 Å². The number of anilines is 1. The van der Waals surface area contributed by atoms with Crippen LogP contribution in [0.4, 0.5) is 6.01 Å². The quantitative estimate of drug-likeness (QED) is 0.933. The lowest BCUT2D eigenvalue weighted by Gasteiger charge is -2.03. The molecule has 0 radical (unpaired) electrons. The smallest absolute Gasteiger partial charge is 0.321 e. The maximum atomic E-state index is 6.09. The zero-order chi connectivity index (χ0) is 12.5. The van der Waals surface area contributed by atoms with E-state index < -0.39 is 0 Å². The van der Waals surface area contributed by atoms with Crippen LogP contribution in [0.2, 0.25) is 10.0 Å². The van der Waals surface area contributed by atoms with Crippen LogP contribution in [0, 0.1) is 0 Å². The van der Waals surface area contributed by atoms with Gasteiger partial charge in [0.05, 0.1) is 0 Å². The van der Waals surface area contributed by atoms with Crippen molar-refractivity contribution in [2.24, 2.45) is 0 Å². The molecule has 0 spiro atoms. The molecule has 3 rings (SSSR count). The molecule has 1 saturated carbocycles. The molecule has 0 bridgehead atoms. The molecule has 0 atom stereocenters. The van der Waals surface area contributed by atoms with E-state index in [1.807, 2.05) is 6.07 Å². The number of benzene rings is 1. The third-order valence-corrected chi connectivity index (χ3v) is 3.48. The molecule has 1 heterocycles. The minimum atomic E-state index is 0.467. The van der Waals surface area contributed by atoms with Crippen LogP contribution in [0.1, 0.15) is 24.2 Å². The van der Waals surface area contributed by atoms with Crippen LogP contribution < -0.4 is 5.32 Å². The topological polar surface area (TPSA) is 51.0 Å². The Kier molecular flexibility index (Phi) is 3.14. The molecular formula is C12H11Cl2N3O. The van der Waals surface area contributed by atoms with E-state index in [9.17, 15) is 0 Å². The van der Waals surface area contributed by atoms with E-state index in [-0.39, 0.29) is 0 Å². The van der Waals surface area contributed by atoms with Crippen LogP contribution in [0.25, 0.3) is 0 Å². The van der Waals surface area contributed by atoms with Crippen LogP contribution in [0.5, 0.6) is 0 Å². The predicted molar refractivity (Wildman–Crippen MR) is 70.2 cm³/mol. The number of hydrogen-bond donors (Lipinski definition) is 1. The van der Waals surface area contributed by atoms with Crippen molar-refractivity contribution in [2.45, 2.75) is 25.3 Å². The van der Waals surface area contributed by atoms with E-state index >= 15 is 0 Å². The Balaban J connectivity index is 1.76. The van der Waals surface area contributed by atoms with Gasteiger partial charge in [0.2, 0.25) is 0 Å². The molecule has 94 valence electrons. The van der Waals surface area contributed by atoms with E-state index in [2.05, 4.69) is 15.5 Å². The average Bonchev–Trinajstić information content (AvgIpc) is 3.03. The predicted octanol–water partition coefficient (Wildman–Crippen LogP) is 3.54. The van der Waals surface area contributed by atoms with Crippen molar-refractivity contribution in [3.05, 3.63) is 39.6 Å². The molecule has 1 fully saturated rings. The first kappa shape index (κ1) is 11.8. The number of hydrogen-bond acceptors (Lipinski definition) is 4. The van der Waals surface area contributed by atoms with Crippen molar-refractivity contribution in [1.82, 2.24) is 10.1 Å². The van der Waals surface area contributed by atoms with Gasteiger partial charge >= 0.3 is 6.01 Å². The maximum absolute atomic E-state index is 6.09. The van der Waals surface area contributed by atoms with Gasteiger partial charge < -0.3 is 9.84 Å². The number of aromatic nitrogens is 2. The van der Waals surface area contributed by atoms with E-state index in [4.69, 9.17) is 27.7 Å². The van der Waals surface area contributed by atoms with Gasteiger partial charge in [-0.15, -0.1) is 0 Å². The second-order valence-electron chi connectivity index (χ2n) is 4.31. The number of halogens is 2. The molecule has 6 heteroatoms. The second-order valence-corrected chi connectivity index (χ2v) is 5.13. The lowest BCUT2D eigenvalue weighted by Crippen LogP contribution is -2.01. The first-order valence-electron chi connectivity index (χ1n) is 5.74. The fourth-order valence-corrected chi connectivity index (χ4v) is 2.18. The summed E-state index contributed by atoms with van der Waals surface area (Å²) in [6.07, 6.45) is 2.79. The highest BCUT2D eigenvalue weighted by Gasteiger charge is 2.23. The summed E-state index contributed by atoms with van der Waals surface area (Å²) in [6.45, 7) is 0. The molecule has 4 nitrogen and oxygen atoms in total. The summed E-state index contributed by atoms with van der Waals surface area (Å²) in [6, 6.07) is 6.36. The van der Waals surface area contributed by atoms with E-state index in [0.29, 0.717) is 34.3 Å². The Morgan fingerprint density at radius 1 is 1.28 bits per heavy atom. The summed E-state index contributed by atoms with van der Waals surface area (Å²) in [7, 11) is 0. The summed E-state index contributed by atoms with van der Waals surface area (Å²) in [5.74, 6) is 0.577. The van der Waals surface area contributed by atoms with Gasteiger partial charge in [-0.05, 0) is 30.5 Å². The lowest BCUT2D eigenvalue weighted by molar-refractivity contribution is 0.423. The third kappa shape index (κ3) is 2.60. The number of nitrogens with zero attached hydrogens (tertiary/aromatic N) is 2. The first-order chi connectivity index (χ1) is 8.72. The molecule has 0 saturated heterocycles. The zero-order valence-electron chi connectivity index (χ0n) is 9.49. The summed E-state index contributed by atoms with van der Waals surface area (Å²) in [5.41, 5.74) is 0.819. The van der Waals surface area contributed by atoms with Crippen LogP contribution in [0.3, 0.4) is 0 Å². The van der Waals surface area contributed by atoms with Crippen molar-refractivity contribution in [1.29, 1.82) is 0 Å². The van der Waals surface area contributed by atoms with Gasteiger partial charge in [-0.25, -0.2) is 0 Å². The average molecular weight is 284 g/mol. The van der Waals surface area contributed by atoms with Gasteiger partial charge in [0.1, 0.15) is 0 Å². The Hall–Kier alpha value is -1.26. The monoisotopic (exact) mass is 283 g/mol. The largest absolute Gasteiger partial charge is 0.335 e. The molecule has 18 heavy (non-hydrogen) atoms. The summed E-state index contributed by atoms with van der Waals surface area (Å²) in [5, 5.41) is 8.28. The molecule has 0 aliphatic heterocycles. The minimum absolute atomic E-state index is 0.467. The molecule has 1 aliphatic carbocycles. The molecule has 1 aromatic carbocycles. The van der Waals surface area contributed by atoms with Crippen molar-refractivity contribution in [2.75, 3.05) is 5.32 Å². The molecule has 0 unspecified atom stereocenters. The number of nitrogens with one attached hydrogen (secondary N) is 1. The molecule has 0 amide bonds. The van der Waals surface area contributed by atoms with E-state index in [1.165, 1.54) is 0 Å². The van der Waals surface area contributed by atoms with E-state index in [1.54, 1.807) is 12.1 Å². The normalized spacial score (nSPS) is 14.8. The highest BCUT2D eigenvalue weighted by Crippen LogP contribution is 2.27. The van der Waals surface area contributed by atoms with Crippen LogP contribution in [0.15, 0.2) is 22.7 Å².